The molecular weight excluding hydrogens is 324 g/mol. The Hall–Kier alpha value is -2.40. The van der Waals surface area contributed by atoms with Crippen molar-refractivity contribution in [2.24, 2.45) is 0 Å². The Morgan fingerprint density at radius 1 is 1.12 bits per heavy atom. The molecule has 3 rings (SSSR count). The number of rotatable bonds is 6. The molecule has 1 aromatic carbocycles. The highest BCUT2D eigenvalue weighted by Gasteiger charge is 2.15. The molecule has 0 fully saturated rings. The molecule has 124 valence electrons. The molecule has 0 spiro atoms. The molecule has 1 aliphatic rings. The first kappa shape index (κ1) is 16.5. The van der Waals surface area contributed by atoms with E-state index in [1.807, 2.05) is 12.1 Å². The van der Waals surface area contributed by atoms with E-state index in [0.29, 0.717) is 15.3 Å². The Labute approximate surface area is 144 Å². The van der Waals surface area contributed by atoms with Crippen LogP contribution in [0.1, 0.15) is 39.4 Å². The number of carboxylic acids is 1. The Kier molecular flexibility index (Phi) is 5.11. The lowest BCUT2D eigenvalue weighted by atomic mass is 10.0. The molecule has 1 heterocycles. The fraction of sp³-hybridized carbons (Fsp3) is 0.263. The van der Waals surface area contributed by atoms with Crippen LogP contribution in [-0.2, 0) is 11.2 Å². The van der Waals surface area contributed by atoms with E-state index in [4.69, 9.17) is 9.84 Å². The number of hydrogen-bond donors (Lipinski definition) is 1. The molecule has 1 atom stereocenters. The van der Waals surface area contributed by atoms with Gasteiger partial charge in [0.05, 0.1) is 11.3 Å². The summed E-state index contributed by atoms with van der Waals surface area (Å²) in [5.74, 6) is -0.219. The zero-order valence-electron chi connectivity index (χ0n) is 13.1. The molecule has 24 heavy (non-hydrogen) atoms. The fourth-order valence-corrected chi connectivity index (χ4v) is 3.60. The number of ether oxygens (including phenoxy) is 1. The van der Waals surface area contributed by atoms with Crippen LogP contribution < -0.4 is 4.74 Å². The van der Waals surface area contributed by atoms with Crippen LogP contribution in [0.25, 0.3) is 0 Å². The zero-order valence-corrected chi connectivity index (χ0v) is 13.9. The molecule has 4 nitrogen and oxygen atoms in total. The van der Waals surface area contributed by atoms with E-state index >= 15 is 0 Å². The van der Waals surface area contributed by atoms with Gasteiger partial charge in [-0.05, 0) is 49.2 Å². The molecule has 2 aromatic rings. The molecule has 0 bridgehead atoms. The summed E-state index contributed by atoms with van der Waals surface area (Å²) >= 11 is 1.23. The van der Waals surface area contributed by atoms with Gasteiger partial charge in [0.25, 0.3) is 0 Å². The number of carbonyl (C=O) groups is 2. The second-order valence-electron chi connectivity index (χ2n) is 5.71. The van der Waals surface area contributed by atoms with E-state index in [0.717, 1.165) is 25.0 Å². The van der Waals surface area contributed by atoms with E-state index in [9.17, 15) is 9.59 Å². The number of carboxylic acid groups (broad SMARTS) is 1. The van der Waals surface area contributed by atoms with Crippen molar-refractivity contribution in [2.75, 3.05) is 0 Å². The van der Waals surface area contributed by atoms with Gasteiger partial charge in [0, 0.05) is 16.9 Å². The van der Waals surface area contributed by atoms with Crippen molar-refractivity contribution in [3.8, 4) is 5.75 Å². The van der Waals surface area contributed by atoms with Gasteiger partial charge in [-0.25, -0.2) is 0 Å². The number of allylic oxidation sites excluding steroid dienone is 1. The molecule has 0 aliphatic heterocycles. The quantitative estimate of drug-likeness (QED) is 0.634. The van der Waals surface area contributed by atoms with Crippen LogP contribution in [0.5, 0.6) is 5.75 Å². The molecule has 0 amide bonds. The van der Waals surface area contributed by atoms with Crippen LogP contribution >= 0.6 is 11.3 Å². The van der Waals surface area contributed by atoms with Crippen molar-refractivity contribution >= 4 is 23.1 Å². The van der Waals surface area contributed by atoms with Gasteiger partial charge in [-0.2, -0.15) is 0 Å². The number of thiophene rings is 1. The van der Waals surface area contributed by atoms with Gasteiger partial charge in [-0.3, -0.25) is 9.59 Å². The SMILES string of the molecule is O=C(O)Cc1ccc(C(=O)c2ccc(OC3CC=CCC3)cc2)s1. The second kappa shape index (κ2) is 7.45. The lowest BCUT2D eigenvalue weighted by Crippen LogP contribution is -2.17. The van der Waals surface area contributed by atoms with E-state index in [2.05, 4.69) is 12.2 Å². The maximum atomic E-state index is 12.5. The number of carbonyl (C=O) groups excluding carboxylic acids is 1. The summed E-state index contributed by atoms with van der Waals surface area (Å²) in [6, 6.07) is 10.5. The van der Waals surface area contributed by atoms with Gasteiger partial charge in [0.2, 0.25) is 5.78 Å². The van der Waals surface area contributed by atoms with Gasteiger partial charge in [0.1, 0.15) is 11.9 Å². The average Bonchev–Trinajstić information content (AvgIpc) is 3.03. The molecule has 1 unspecified atom stereocenters. The third-order valence-electron chi connectivity index (χ3n) is 3.85. The summed E-state index contributed by atoms with van der Waals surface area (Å²) in [4.78, 5) is 24.4. The maximum absolute atomic E-state index is 12.5. The molecule has 5 heteroatoms. The second-order valence-corrected chi connectivity index (χ2v) is 6.88. The Morgan fingerprint density at radius 2 is 1.92 bits per heavy atom. The van der Waals surface area contributed by atoms with Gasteiger partial charge >= 0.3 is 5.97 Å². The Balaban J connectivity index is 1.66. The summed E-state index contributed by atoms with van der Waals surface area (Å²) in [5.41, 5.74) is 0.578. The van der Waals surface area contributed by atoms with Crippen molar-refractivity contribution in [2.45, 2.75) is 31.8 Å². The van der Waals surface area contributed by atoms with E-state index in [1.54, 1.807) is 24.3 Å². The minimum atomic E-state index is -0.894. The summed E-state index contributed by atoms with van der Waals surface area (Å²) in [6.45, 7) is 0. The van der Waals surface area contributed by atoms with Crippen LogP contribution in [0.3, 0.4) is 0 Å². The van der Waals surface area contributed by atoms with Gasteiger partial charge in [-0.1, -0.05) is 12.2 Å². The van der Waals surface area contributed by atoms with E-state index in [1.165, 1.54) is 11.3 Å². The van der Waals surface area contributed by atoms with Crippen molar-refractivity contribution in [1.29, 1.82) is 0 Å². The predicted octanol–water partition coefficient (Wildman–Crippen LogP) is 4.09. The molecule has 1 aromatic heterocycles. The van der Waals surface area contributed by atoms with Crippen LogP contribution in [-0.4, -0.2) is 23.0 Å². The van der Waals surface area contributed by atoms with Crippen molar-refractivity contribution < 1.29 is 19.4 Å². The molecule has 0 saturated heterocycles. The third-order valence-corrected chi connectivity index (χ3v) is 4.94. The van der Waals surface area contributed by atoms with Crippen LogP contribution in [0.15, 0.2) is 48.6 Å². The fourth-order valence-electron chi connectivity index (χ4n) is 2.64. The maximum Gasteiger partial charge on any atom is 0.308 e. The molecular formula is C19H18O4S. The monoisotopic (exact) mass is 342 g/mol. The zero-order chi connectivity index (χ0) is 16.9. The summed E-state index contributed by atoms with van der Waals surface area (Å²) in [5, 5.41) is 8.80. The minimum absolute atomic E-state index is 0.0550. The average molecular weight is 342 g/mol. The normalized spacial score (nSPS) is 16.8. The number of ketones is 1. The Bertz CT molecular complexity index is 758. The number of hydrogen-bond acceptors (Lipinski definition) is 4. The van der Waals surface area contributed by atoms with Gasteiger partial charge in [-0.15, -0.1) is 11.3 Å². The number of aliphatic carboxylic acids is 1. The van der Waals surface area contributed by atoms with Crippen molar-refractivity contribution in [3.63, 3.8) is 0 Å². The largest absolute Gasteiger partial charge is 0.490 e. The molecule has 1 N–H and O–H groups in total. The van der Waals surface area contributed by atoms with Crippen LogP contribution in [0.2, 0.25) is 0 Å². The predicted molar refractivity (Wildman–Crippen MR) is 92.9 cm³/mol. The lowest BCUT2D eigenvalue weighted by molar-refractivity contribution is -0.136. The minimum Gasteiger partial charge on any atom is -0.490 e. The summed E-state index contributed by atoms with van der Waals surface area (Å²) in [6.07, 6.45) is 7.42. The summed E-state index contributed by atoms with van der Waals surface area (Å²) in [7, 11) is 0. The summed E-state index contributed by atoms with van der Waals surface area (Å²) < 4.78 is 5.92. The highest BCUT2D eigenvalue weighted by Crippen LogP contribution is 2.23. The molecule has 0 saturated carbocycles. The molecule has 0 radical (unpaired) electrons. The Morgan fingerprint density at radius 3 is 2.58 bits per heavy atom. The molecule has 1 aliphatic carbocycles. The van der Waals surface area contributed by atoms with E-state index < -0.39 is 5.97 Å². The highest BCUT2D eigenvalue weighted by atomic mass is 32.1. The first-order valence-electron chi connectivity index (χ1n) is 7.89. The number of benzene rings is 1. The lowest BCUT2D eigenvalue weighted by Gasteiger charge is -2.19. The van der Waals surface area contributed by atoms with Crippen LogP contribution in [0.4, 0.5) is 0 Å². The first-order valence-corrected chi connectivity index (χ1v) is 8.70. The van der Waals surface area contributed by atoms with Crippen molar-refractivity contribution in [3.05, 3.63) is 63.9 Å². The first-order chi connectivity index (χ1) is 11.6. The third kappa shape index (κ3) is 4.11. The topological polar surface area (TPSA) is 63.6 Å². The van der Waals surface area contributed by atoms with Gasteiger partial charge in [0.15, 0.2) is 0 Å². The van der Waals surface area contributed by atoms with Crippen molar-refractivity contribution in [1.82, 2.24) is 0 Å². The smallest absolute Gasteiger partial charge is 0.308 e. The van der Waals surface area contributed by atoms with Crippen LogP contribution in [0, 0.1) is 0 Å². The highest BCUT2D eigenvalue weighted by molar-refractivity contribution is 7.14. The standard InChI is InChI=1S/C19H18O4S/c20-18(21)12-16-10-11-17(24-16)19(22)13-6-8-15(9-7-13)23-14-4-2-1-3-5-14/h1-2,6-11,14H,3-5,12H2,(H,20,21). The van der Waals surface area contributed by atoms with E-state index in [-0.39, 0.29) is 18.3 Å². The van der Waals surface area contributed by atoms with Gasteiger partial charge < -0.3 is 9.84 Å².